The van der Waals surface area contributed by atoms with Crippen molar-refractivity contribution in [2.45, 2.75) is 38.6 Å². The minimum atomic E-state index is -0.514. The number of aliphatic hydroxyl groups is 1. The van der Waals surface area contributed by atoms with Crippen LogP contribution in [0.15, 0.2) is 48.8 Å². The molecule has 1 fully saturated rings. The van der Waals surface area contributed by atoms with Crippen molar-refractivity contribution in [3.05, 3.63) is 59.9 Å². The Hall–Kier alpha value is -2.97. The number of aromatic nitrogens is 1. The lowest BCUT2D eigenvalue weighted by atomic mass is 9.98. The fourth-order valence-electron chi connectivity index (χ4n) is 3.30. The summed E-state index contributed by atoms with van der Waals surface area (Å²) in [5, 5.41) is 15.5. The number of hydrogen-bond donors (Lipinski definition) is 3. The zero-order valence-corrected chi connectivity index (χ0v) is 16.5. The number of nitrogens with zero attached hydrogens (tertiary/aromatic N) is 2. The lowest BCUT2D eigenvalue weighted by molar-refractivity contribution is -0.162. The van der Waals surface area contributed by atoms with Crippen molar-refractivity contribution in [1.29, 1.82) is 0 Å². The van der Waals surface area contributed by atoms with Crippen molar-refractivity contribution in [3.63, 3.8) is 0 Å². The molecule has 8 nitrogen and oxygen atoms in total. The van der Waals surface area contributed by atoms with Gasteiger partial charge in [-0.15, -0.1) is 0 Å². The van der Waals surface area contributed by atoms with E-state index in [1.807, 2.05) is 38.1 Å². The molecule has 2 unspecified atom stereocenters. The fraction of sp³-hybridized carbons (Fsp3) is 0.381. The van der Waals surface area contributed by atoms with Crippen LogP contribution in [0, 0.1) is 0 Å². The van der Waals surface area contributed by atoms with Crippen LogP contribution in [-0.4, -0.2) is 52.2 Å². The van der Waals surface area contributed by atoms with Crippen molar-refractivity contribution < 1.29 is 19.4 Å². The van der Waals surface area contributed by atoms with E-state index >= 15 is 0 Å². The molecule has 29 heavy (non-hydrogen) atoms. The number of rotatable bonds is 6. The molecule has 2 atom stereocenters. The van der Waals surface area contributed by atoms with Gasteiger partial charge >= 0.3 is 6.03 Å². The van der Waals surface area contributed by atoms with Crippen molar-refractivity contribution in [1.82, 2.24) is 15.2 Å². The molecule has 3 amide bonds. The topological polar surface area (TPSA) is 104 Å². The number of morpholine rings is 1. The highest BCUT2D eigenvalue weighted by atomic mass is 16.5. The molecule has 2 heterocycles. The van der Waals surface area contributed by atoms with Crippen molar-refractivity contribution >= 4 is 17.6 Å². The van der Waals surface area contributed by atoms with Gasteiger partial charge in [0.15, 0.2) is 0 Å². The van der Waals surface area contributed by atoms with Crippen LogP contribution < -0.4 is 10.6 Å². The number of anilines is 1. The molecule has 0 saturated carbocycles. The van der Waals surface area contributed by atoms with Gasteiger partial charge in [0.1, 0.15) is 12.7 Å². The monoisotopic (exact) mass is 398 g/mol. The van der Waals surface area contributed by atoms with Gasteiger partial charge in [-0.05, 0) is 43.2 Å². The van der Waals surface area contributed by atoms with E-state index < -0.39 is 12.1 Å². The smallest absolute Gasteiger partial charge is 0.319 e. The number of carbonyl (C=O) groups is 2. The molecule has 0 spiro atoms. The molecule has 0 aliphatic carbocycles. The summed E-state index contributed by atoms with van der Waals surface area (Å²) in [6.45, 7) is 3.84. The Kier molecular flexibility index (Phi) is 6.79. The van der Waals surface area contributed by atoms with E-state index in [0.29, 0.717) is 12.2 Å². The molecule has 0 bridgehead atoms. The number of amides is 3. The molecule has 1 aliphatic heterocycles. The van der Waals surface area contributed by atoms with Crippen LogP contribution >= 0.6 is 0 Å². The first-order chi connectivity index (χ1) is 14.0. The van der Waals surface area contributed by atoms with Crippen LogP contribution in [0.3, 0.4) is 0 Å². The lowest BCUT2D eigenvalue weighted by Gasteiger charge is -2.40. The predicted octanol–water partition coefficient (Wildman–Crippen LogP) is 2.07. The number of benzene rings is 1. The summed E-state index contributed by atoms with van der Waals surface area (Å²) in [4.78, 5) is 30.0. The standard InChI is InChI=1S/C21H26N4O4/c1-14(2)23-21(28)24-17-7-5-16(6-8-17)20-18(12-26)25(19(27)13-29-20)11-15-4-3-9-22-10-15/h3-10,14,18,20,26H,11-13H2,1-2H3,(H2,23,24,28). The fourth-order valence-corrected chi connectivity index (χ4v) is 3.30. The normalized spacial score (nSPS) is 19.3. The van der Waals surface area contributed by atoms with Gasteiger partial charge in [0, 0.05) is 30.7 Å². The number of pyridine rings is 1. The molecule has 1 aliphatic rings. The third-order valence-corrected chi connectivity index (χ3v) is 4.64. The van der Waals surface area contributed by atoms with Crippen LogP contribution in [0.4, 0.5) is 10.5 Å². The number of nitrogens with one attached hydrogen (secondary N) is 2. The largest absolute Gasteiger partial charge is 0.394 e. The van der Waals surface area contributed by atoms with E-state index in [2.05, 4.69) is 15.6 Å². The molecule has 2 aromatic rings. The summed E-state index contributed by atoms with van der Waals surface area (Å²) in [6, 6.07) is 10.2. The lowest BCUT2D eigenvalue weighted by Crippen LogP contribution is -2.52. The van der Waals surface area contributed by atoms with Crippen molar-refractivity contribution in [2.75, 3.05) is 18.5 Å². The average Bonchev–Trinajstić information content (AvgIpc) is 2.70. The summed E-state index contributed by atoms with van der Waals surface area (Å²) >= 11 is 0. The van der Waals surface area contributed by atoms with E-state index in [0.717, 1.165) is 11.1 Å². The summed E-state index contributed by atoms with van der Waals surface area (Å²) in [5.74, 6) is -0.173. The van der Waals surface area contributed by atoms with E-state index in [-0.39, 0.29) is 31.2 Å². The van der Waals surface area contributed by atoms with E-state index in [1.54, 1.807) is 29.4 Å². The van der Waals surface area contributed by atoms with Gasteiger partial charge in [-0.2, -0.15) is 0 Å². The van der Waals surface area contributed by atoms with Crippen molar-refractivity contribution in [3.8, 4) is 0 Å². The molecule has 0 radical (unpaired) electrons. The van der Waals surface area contributed by atoms with Crippen molar-refractivity contribution in [2.24, 2.45) is 0 Å². The number of ether oxygens (including phenoxy) is 1. The Labute approximate surface area is 169 Å². The molecule has 3 N–H and O–H groups in total. The highest BCUT2D eigenvalue weighted by Gasteiger charge is 2.37. The molecule has 3 rings (SSSR count). The minimum absolute atomic E-state index is 0.0403. The van der Waals surface area contributed by atoms with E-state index in [1.165, 1.54) is 0 Å². The molecule has 1 aromatic heterocycles. The first-order valence-electron chi connectivity index (χ1n) is 9.56. The predicted molar refractivity (Wildman–Crippen MR) is 108 cm³/mol. The quantitative estimate of drug-likeness (QED) is 0.691. The summed E-state index contributed by atoms with van der Waals surface area (Å²) < 4.78 is 5.75. The van der Waals surface area contributed by atoms with Gasteiger partial charge in [-0.25, -0.2) is 4.79 Å². The van der Waals surface area contributed by atoms with Gasteiger partial charge in [0.2, 0.25) is 5.91 Å². The van der Waals surface area contributed by atoms with Gasteiger partial charge in [-0.1, -0.05) is 18.2 Å². The second-order valence-corrected chi connectivity index (χ2v) is 7.24. The second-order valence-electron chi connectivity index (χ2n) is 7.24. The molecule has 154 valence electrons. The van der Waals surface area contributed by atoms with Gasteiger partial charge in [-0.3, -0.25) is 9.78 Å². The number of urea groups is 1. The highest BCUT2D eigenvalue weighted by Crippen LogP contribution is 2.30. The maximum atomic E-state index is 12.4. The Morgan fingerprint density at radius 3 is 2.69 bits per heavy atom. The summed E-state index contributed by atoms with van der Waals surface area (Å²) in [7, 11) is 0. The number of carbonyl (C=O) groups excluding carboxylic acids is 2. The van der Waals surface area contributed by atoms with Crippen LogP contribution in [-0.2, 0) is 16.1 Å². The average molecular weight is 398 g/mol. The number of aliphatic hydroxyl groups excluding tert-OH is 1. The Bertz CT molecular complexity index is 826. The van der Waals surface area contributed by atoms with Crippen LogP contribution in [0.25, 0.3) is 0 Å². The molecule has 8 heteroatoms. The Balaban J connectivity index is 1.73. The highest BCUT2D eigenvalue weighted by molar-refractivity contribution is 5.89. The second kappa shape index (κ2) is 9.49. The number of hydrogen-bond acceptors (Lipinski definition) is 5. The SMILES string of the molecule is CC(C)NC(=O)Nc1ccc(C2OCC(=O)N(Cc3cccnc3)C2CO)cc1. The van der Waals surface area contributed by atoms with Crippen LogP contribution in [0.5, 0.6) is 0 Å². The summed E-state index contributed by atoms with van der Waals surface area (Å²) in [5.41, 5.74) is 2.35. The molecule has 1 aromatic carbocycles. The van der Waals surface area contributed by atoms with Gasteiger partial charge in [0.05, 0.1) is 12.6 Å². The van der Waals surface area contributed by atoms with Gasteiger partial charge < -0.3 is 25.4 Å². The van der Waals surface area contributed by atoms with Crippen LogP contribution in [0.1, 0.15) is 31.1 Å². The zero-order chi connectivity index (χ0) is 20.8. The third-order valence-electron chi connectivity index (χ3n) is 4.64. The molecular weight excluding hydrogens is 372 g/mol. The van der Waals surface area contributed by atoms with E-state index in [9.17, 15) is 14.7 Å². The molecule has 1 saturated heterocycles. The van der Waals surface area contributed by atoms with E-state index in [4.69, 9.17) is 4.74 Å². The Morgan fingerprint density at radius 2 is 2.07 bits per heavy atom. The maximum absolute atomic E-state index is 12.4. The van der Waals surface area contributed by atoms with Crippen LogP contribution in [0.2, 0.25) is 0 Å². The molecular formula is C21H26N4O4. The maximum Gasteiger partial charge on any atom is 0.319 e. The first kappa shape index (κ1) is 20.8. The van der Waals surface area contributed by atoms with Gasteiger partial charge in [0.25, 0.3) is 0 Å². The zero-order valence-electron chi connectivity index (χ0n) is 16.5. The first-order valence-corrected chi connectivity index (χ1v) is 9.56. The minimum Gasteiger partial charge on any atom is -0.394 e. The Morgan fingerprint density at radius 1 is 1.31 bits per heavy atom. The summed E-state index contributed by atoms with van der Waals surface area (Å²) in [6.07, 6.45) is 2.91. The third kappa shape index (κ3) is 5.30.